The van der Waals surface area contributed by atoms with Crippen LogP contribution in [0, 0.1) is 6.92 Å². The molecule has 20 heavy (non-hydrogen) atoms. The van der Waals surface area contributed by atoms with Crippen molar-refractivity contribution in [2.75, 3.05) is 6.61 Å². The summed E-state index contributed by atoms with van der Waals surface area (Å²) < 4.78 is 11.0. The SMILES string of the molecule is CCOc1cccc2[nH]cc(C(=O)c3ccc(C)o3)c12. The van der Waals surface area contributed by atoms with Gasteiger partial charge in [-0.25, -0.2) is 0 Å². The minimum Gasteiger partial charge on any atom is -0.493 e. The normalized spacial score (nSPS) is 10.9. The van der Waals surface area contributed by atoms with Crippen LogP contribution in [0.4, 0.5) is 0 Å². The Bertz CT molecular complexity index is 767. The fourth-order valence-electron chi connectivity index (χ4n) is 2.30. The minimum atomic E-state index is -0.142. The maximum atomic E-state index is 12.5. The highest BCUT2D eigenvalue weighted by molar-refractivity contribution is 6.16. The maximum absolute atomic E-state index is 12.5. The van der Waals surface area contributed by atoms with Crippen molar-refractivity contribution in [2.45, 2.75) is 13.8 Å². The van der Waals surface area contributed by atoms with Crippen LogP contribution in [0.3, 0.4) is 0 Å². The Morgan fingerprint density at radius 3 is 2.85 bits per heavy atom. The monoisotopic (exact) mass is 269 g/mol. The molecule has 0 unspecified atom stereocenters. The lowest BCUT2D eigenvalue weighted by molar-refractivity contribution is 0.101. The fourth-order valence-corrected chi connectivity index (χ4v) is 2.30. The van der Waals surface area contributed by atoms with Crippen LogP contribution in [0.15, 0.2) is 40.9 Å². The average molecular weight is 269 g/mol. The number of carbonyl (C=O) groups is 1. The van der Waals surface area contributed by atoms with Gasteiger partial charge in [0.05, 0.1) is 17.6 Å². The quantitative estimate of drug-likeness (QED) is 0.735. The number of fused-ring (bicyclic) bond motifs is 1. The number of hydrogen-bond acceptors (Lipinski definition) is 3. The van der Waals surface area contributed by atoms with E-state index >= 15 is 0 Å². The third-order valence-corrected chi connectivity index (χ3v) is 3.18. The third-order valence-electron chi connectivity index (χ3n) is 3.18. The molecule has 0 amide bonds. The highest BCUT2D eigenvalue weighted by atomic mass is 16.5. The van der Waals surface area contributed by atoms with Gasteiger partial charge in [0.15, 0.2) is 5.76 Å². The van der Waals surface area contributed by atoms with Crippen LogP contribution in [-0.4, -0.2) is 17.4 Å². The molecule has 1 N–H and O–H groups in total. The number of aromatic nitrogens is 1. The van der Waals surface area contributed by atoms with E-state index in [0.717, 1.165) is 16.7 Å². The molecular weight excluding hydrogens is 254 g/mol. The van der Waals surface area contributed by atoms with E-state index < -0.39 is 0 Å². The van der Waals surface area contributed by atoms with Crippen molar-refractivity contribution >= 4 is 16.7 Å². The van der Waals surface area contributed by atoms with E-state index in [1.54, 1.807) is 18.3 Å². The first-order chi connectivity index (χ1) is 9.70. The lowest BCUT2D eigenvalue weighted by atomic mass is 10.1. The van der Waals surface area contributed by atoms with Crippen LogP contribution >= 0.6 is 0 Å². The Morgan fingerprint density at radius 2 is 2.15 bits per heavy atom. The number of H-pyrrole nitrogens is 1. The van der Waals surface area contributed by atoms with Crippen molar-refractivity contribution in [3.05, 3.63) is 53.6 Å². The molecule has 0 spiro atoms. The van der Waals surface area contributed by atoms with Gasteiger partial charge in [-0.2, -0.15) is 0 Å². The molecule has 1 aromatic carbocycles. The number of aromatic amines is 1. The van der Waals surface area contributed by atoms with Gasteiger partial charge >= 0.3 is 0 Å². The van der Waals surface area contributed by atoms with Gasteiger partial charge in [-0.1, -0.05) is 6.07 Å². The number of furan rings is 1. The summed E-state index contributed by atoms with van der Waals surface area (Å²) in [5.41, 5.74) is 1.45. The lowest BCUT2D eigenvalue weighted by Crippen LogP contribution is -2.00. The van der Waals surface area contributed by atoms with Crippen molar-refractivity contribution in [3.63, 3.8) is 0 Å². The van der Waals surface area contributed by atoms with Gasteiger partial charge in [0.25, 0.3) is 0 Å². The van der Waals surface area contributed by atoms with Crippen molar-refractivity contribution in [1.82, 2.24) is 4.98 Å². The Kier molecular flexibility index (Phi) is 3.06. The molecule has 4 heteroatoms. The molecule has 102 valence electrons. The summed E-state index contributed by atoms with van der Waals surface area (Å²) in [4.78, 5) is 15.6. The predicted molar refractivity (Wildman–Crippen MR) is 76.3 cm³/mol. The third kappa shape index (κ3) is 1.99. The number of carbonyl (C=O) groups excluding carboxylic acids is 1. The predicted octanol–water partition coefficient (Wildman–Crippen LogP) is 3.70. The molecule has 0 saturated carbocycles. The molecule has 0 fully saturated rings. The molecule has 3 rings (SSSR count). The van der Waals surface area contributed by atoms with Crippen LogP contribution in [0.2, 0.25) is 0 Å². The molecule has 0 saturated heterocycles. The average Bonchev–Trinajstić information content (AvgIpc) is 3.05. The van der Waals surface area contributed by atoms with E-state index in [1.807, 2.05) is 32.0 Å². The van der Waals surface area contributed by atoms with Crippen molar-refractivity contribution in [2.24, 2.45) is 0 Å². The Morgan fingerprint density at radius 1 is 1.30 bits per heavy atom. The molecule has 4 nitrogen and oxygen atoms in total. The van der Waals surface area contributed by atoms with E-state index in [9.17, 15) is 4.79 Å². The summed E-state index contributed by atoms with van der Waals surface area (Å²) in [5.74, 6) is 1.63. The van der Waals surface area contributed by atoms with Gasteiger partial charge in [0.1, 0.15) is 11.5 Å². The summed E-state index contributed by atoms with van der Waals surface area (Å²) in [6.45, 7) is 4.29. The molecular formula is C16H15NO3. The smallest absolute Gasteiger partial charge is 0.230 e. The first-order valence-electron chi connectivity index (χ1n) is 6.54. The first-order valence-corrected chi connectivity index (χ1v) is 6.54. The maximum Gasteiger partial charge on any atom is 0.230 e. The Balaban J connectivity index is 2.14. The molecule has 0 radical (unpaired) electrons. The molecule has 0 aliphatic carbocycles. The standard InChI is InChI=1S/C16H15NO3/c1-3-19-13-6-4-5-12-15(13)11(9-17-12)16(18)14-8-7-10(2)20-14/h4-9,17H,3H2,1-2H3. The van der Waals surface area contributed by atoms with E-state index in [4.69, 9.17) is 9.15 Å². The Hall–Kier alpha value is -2.49. The van der Waals surface area contributed by atoms with Gasteiger partial charge in [-0.3, -0.25) is 4.79 Å². The summed E-state index contributed by atoms with van der Waals surface area (Å²) in [6, 6.07) is 9.16. The number of nitrogens with one attached hydrogen (secondary N) is 1. The summed E-state index contributed by atoms with van der Waals surface area (Å²) in [7, 11) is 0. The summed E-state index contributed by atoms with van der Waals surface area (Å²) in [6.07, 6.45) is 1.70. The summed E-state index contributed by atoms with van der Waals surface area (Å²) >= 11 is 0. The Labute approximate surface area is 116 Å². The van der Waals surface area contributed by atoms with Gasteiger partial charge in [-0.15, -0.1) is 0 Å². The largest absolute Gasteiger partial charge is 0.493 e. The number of ketones is 1. The van der Waals surface area contributed by atoms with E-state index in [-0.39, 0.29) is 5.78 Å². The van der Waals surface area contributed by atoms with E-state index in [2.05, 4.69) is 4.98 Å². The second-order valence-corrected chi connectivity index (χ2v) is 4.55. The van der Waals surface area contributed by atoms with Crippen molar-refractivity contribution in [3.8, 4) is 5.75 Å². The van der Waals surface area contributed by atoms with Crippen LogP contribution in [-0.2, 0) is 0 Å². The van der Waals surface area contributed by atoms with E-state index in [1.165, 1.54) is 0 Å². The van der Waals surface area contributed by atoms with Gasteiger partial charge in [-0.05, 0) is 38.1 Å². The topological polar surface area (TPSA) is 55.2 Å². The summed E-state index contributed by atoms with van der Waals surface area (Å²) in [5, 5.41) is 0.799. The lowest BCUT2D eigenvalue weighted by Gasteiger charge is -2.05. The van der Waals surface area contributed by atoms with Crippen LogP contribution < -0.4 is 4.74 Å². The zero-order valence-corrected chi connectivity index (χ0v) is 11.4. The van der Waals surface area contributed by atoms with E-state index in [0.29, 0.717) is 23.7 Å². The number of aryl methyl sites for hydroxylation is 1. The highest BCUT2D eigenvalue weighted by Gasteiger charge is 2.19. The van der Waals surface area contributed by atoms with Crippen molar-refractivity contribution < 1.29 is 13.9 Å². The number of rotatable bonds is 4. The zero-order valence-electron chi connectivity index (χ0n) is 11.4. The van der Waals surface area contributed by atoms with Crippen molar-refractivity contribution in [1.29, 1.82) is 0 Å². The zero-order chi connectivity index (χ0) is 14.1. The molecule has 0 atom stereocenters. The van der Waals surface area contributed by atoms with Gasteiger partial charge in [0, 0.05) is 11.7 Å². The molecule has 2 heterocycles. The first kappa shape index (κ1) is 12.5. The molecule has 0 aliphatic rings. The van der Waals surface area contributed by atoms with Crippen LogP contribution in [0.25, 0.3) is 10.9 Å². The number of benzene rings is 1. The number of ether oxygens (including phenoxy) is 1. The van der Waals surface area contributed by atoms with Gasteiger partial charge < -0.3 is 14.1 Å². The van der Waals surface area contributed by atoms with Crippen LogP contribution in [0.1, 0.15) is 28.8 Å². The van der Waals surface area contributed by atoms with Crippen LogP contribution in [0.5, 0.6) is 5.75 Å². The second kappa shape index (κ2) is 4.89. The molecule has 3 aromatic rings. The minimum absolute atomic E-state index is 0.142. The highest BCUT2D eigenvalue weighted by Crippen LogP contribution is 2.30. The number of hydrogen-bond donors (Lipinski definition) is 1. The molecule has 0 aliphatic heterocycles. The second-order valence-electron chi connectivity index (χ2n) is 4.55. The van der Waals surface area contributed by atoms with Gasteiger partial charge in [0.2, 0.25) is 5.78 Å². The molecule has 0 bridgehead atoms. The molecule has 2 aromatic heterocycles. The fraction of sp³-hybridized carbons (Fsp3) is 0.188.